The number of nitrogens with zero attached hydrogens (tertiary/aromatic N) is 2. The third-order valence-corrected chi connectivity index (χ3v) is 3.88. The van der Waals surface area contributed by atoms with Crippen LogP contribution in [0.1, 0.15) is 15.2 Å². The maximum Gasteiger partial charge on any atom is 0.335 e. The van der Waals surface area contributed by atoms with Gasteiger partial charge in [-0.2, -0.15) is 0 Å². The molecular formula is C14H10FN3O2S. The first-order valence-electron chi connectivity index (χ1n) is 6.05. The standard InChI is InChI=1S/C14H10FN3O2S/c1-7-4-9-12(16-6-17-13(9)21-7)18-11-3-2-8(14(19)20)5-10(11)15/h2-6H,1H3,(H,19,20)(H,16,17,18). The van der Waals surface area contributed by atoms with Gasteiger partial charge >= 0.3 is 5.97 Å². The van der Waals surface area contributed by atoms with E-state index in [1.54, 1.807) is 0 Å². The van der Waals surface area contributed by atoms with Gasteiger partial charge in [0.25, 0.3) is 0 Å². The molecule has 0 bridgehead atoms. The summed E-state index contributed by atoms with van der Waals surface area (Å²) in [5.41, 5.74) is 0.0705. The van der Waals surface area contributed by atoms with Gasteiger partial charge in [-0.05, 0) is 31.2 Å². The monoisotopic (exact) mass is 303 g/mol. The molecule has 0 spiro atoms. The fraction of sp³-hybridized carbons (Fsp3) is 0.0714. The Balaban J connectivity index is 2.00. The number of aromatic nitrogens is 2. The van der Waals surface area contributed by atoms with E-state index in [1.165, 1.54) is 29.8 Å². The Morgan fingerprint density at radius 3 is 2.86 bits per heavy atom. The number of aromatic carboxylic acids is 1. The molecule has 2 heterocycles. The summed E-state index contributed by atoms with van der Waals surface area (Å²) in [5, 5.41) is 12.5. The molecule has 106 valence electrons. The Morgan fingerprint density at radius 1 is 1.33 bits per heavy atom. The van der Waals surface area contributed by atoms with Gasteiger partial charge in [0.1, 0.15) is 22.8 Å². The van der Waals surface area contributed by atoms with Gasteiger partial charge in [-0.1, -0.05) is 0 Å². The SMILES string of the molecule is Cc1cc2c(Nc3ccc(C(=O)O)cc3F)ncnc2s1. The van der Waals surface area contributed by atoms with Gasteiger partial charge < -0.3 is 10.4 Å². The number of aryl methyl sites for hydroxylation is 1. The minimum atomic E-state index is -1.17. The number of carboxylic acids is 1. The summed E-state index contributed by atoms with van der Waals surface area (Å²) in [5.74, 6) is -1.32. The fourth-order valence-corrected chi connectivity index (χ4v) is 2.80. The zero-order valence-corrected chi connectivity index (χ0v) is 11.7. The molecule has 21 heavy (non-hydrogen) atoms. The van der Waals surface area contributed by atoms with E-state index in [9.17, 15) is 9.18 Å². The molecule has 2 aromatic heterocycles. The van der Waals surface area contributed by atoms with Gasteiger partial charge in [-0.3, -0.25) is 0 Å². The van der Waals surface area contributed by atoms with Crippen LogP contribution < -0.4 is 5.32 Å². The maximum absolute atomic E-state index is 13.9. The quantitative estimate of drug-likeness (QED) is 0.773. The first-order chi connectivity index (χ1) is 10.0. The zero-order chi connectivity index (χ0) is 15.0. The van der Waals surface area contributed by atoms with Crippen LogP contribution in [0.4, 0.5) is 15.9 Å². The van der Waals surface area contributed by atoms with Crippen molar-refractivity contribution in [3.8, 4) is 0 Å². The van der Waals surface area contributed by atoms with Gasteiger partial charge in [-0.15, -0.1) is 11.3 Å². The van der Waals surface area contributed by atoms with Crippen molar-refractivity contribution >= 4 is 39.0 Å². The molecule has 0 radical (unpaired) electrons. The van der Waals surface area contributed by atoms with Gasteiger partial charge in [-0.25, -0.2) is 19.2 Å². The van der Waals surface area contributed by atoms with Crippen LogP contribution in [0.2, 0.25) is 0 Å². The van der Waals surface area contributed by atoms with E-state index in [1.807, 2.05) is 13.0 Å². The number of rotatable bonds is 3. The average molecular weight is 303 g/mol. The van der Waals surface area contributed by atoms with Crippen molar-refractivity contribution < 1.29 is 14.3 Å². The molecule has 0 aliphatic rings. The van der Waals surface area contributed by atoms with Crippen molar-refractivity contribution in [1.82, 2.24) is 9.97 Å². The molecule has 0 saturated heterocycles. The highest BCUT2D eigenvalue weighted by Gasteiger charge is 2.11. The predicted octanol–water partition coefficient (Wildman–Crippen LogP) is 3.58. The average Bonchev–Trinajstić information content (AvgIpc) is 2.82. The summed E-state index contributed by atoms with van der Waals surface area (Å²) < 4.78 is 13.9. The molecule has 7 heteroatoms. The van der Waals surface area contributed by atoms with E-state index in [2.05, 4.69) is 15.3 Å². The van der Waals surface area contributed by atoms with Crippen molar-refractivity contribution in [1.29, 1.82) is 0 Å². The Morgan fingerprint density at radius 2 is 2.14 bits per heavy atom. The van der Waals surface area contributed by atoms with E-state index in [0.717, 1.165) is 21.2 Å². The summed E-state index contributed by atoms with van der Waals surface area (Å²) in [6.07, 6.45) is 1.41. The lowest BCUT2D eigenvalue weighted by atomic mass is 10.2. The number of fused-ring (bicyclic) bond motifs is 1. The largest absolute Gasteiger partial charge is 0.478 e. The molecule has 3 rings (SSSR count). The van der Waals surface area contributed by atoms with E-state index in [0.29, 0.717) is 5.82 Å². The minimum absolute atomic E-state index is 0.0998. The van der Waals surface area contributed by atoms with Gasteiger partial charge in [0.2, 0.25) is 0 Å². The Bertz CT molecular complexity index is 847. The summed E-state index contributed by atoms with van der Waals surface area (Å²) in [6.45, 7) is 1.96. The van der Waals surface area contributed by atoms with Crippen molar-refractivity contribution in [3.63, 3.8) is 0 Å². The minimum Gasteiger partial charge on any atom is -0.478 e. The molecule has 0 fully saturated rings. The van der Waals surface area contributed by atoms with Crippen LogP contribution in [0.3, 0.4) is 0 Å². The summed E-state index contributed by atoms with van der Waals surface area (Å²) >= 11 is 1.52. The van der Waals surface area contributed by atoms with E-state index in [4.69, 9.17) is 5.11 Å². The second-order valence-electron chi connectivity index (χ2n) is 4.42. The highest BCUT2D eigenvalue weighted by molar-refractivity contribution is 7.18. The lowest BCUT2D eigenvalue weighted by Crippen LogP contribution is -2.01. The highest BCUT2D eigenvalue weighted by atomic mass is 32.1. The number of hydrogen-bond acceptors (Lipinski definition) is 5. The molecule has 0 atom stereocenters. The first kappa shape index (κ1) is 13.4. The molecule has 0 saturated carbocycles. The fourth-order valence-electron chi connectivity index (χ4n) is 1.95. The molecule has 3 aromatic rings. The molecule has 5 nitrogen and oxygen atoms in total. The van der Waals surface area contributed by atoms with Crippen LogP contribution in [0.15, 0.2) is 30.6 Å². The normalized spacial score (nSPS) is 10.8. The van der Waals surface area contributed by atoms with Crippen molar-refractivity contribution in [2.45, 2.75) is 6.92 Å². The van der Waals surface area contributed by atoms with Crippen molar-refractivity contribution in [2.75, 3.05) is 5.32 Å². The summed E-state index contributed by atoms with van der Waals surface area (Å²) in [4.78, 5) is 21.0. The van der Waals surface area contributed by atoms with Gasteiger partial charge in [0.15, 0.2) is 0 Å². The number of carboxylic acid groups (broad SMARTS) is 1. The number of carbonyl (C=O) groups is 1. The Hall–Kier alpha value is -2.54. The van der Waals surface area contributed by atoms with Crippen molar-refractivity contribution in [2.24, 2.45) is 0 Å². The third kappa shape index (κ3) is 2.55. The van der Waals surface area contributed by atoms with Crippen molar-refractivity contribution in [3.05, 3.63) is 46.9 Å². The van der Waals surface area contributed by atoms with Gasteiger partial charge in [0, 0.05) is 4.88 Å². The van der Waals surface area contributed by atoms with Crippen LogP contribution in [0.5, 0.6) is 0 Å². The van der Waals surface area contributed by atoms with E-state index >= 15 is 0 Å². The third-order valence-electron chi connectivity index (χ3n) is 2.92. The van der Waals surface area contributed by atoms with Crippen LogP contribution in [0, 0.1) is 12.7 Å². The van der Waals surface area contributed by atoms with Crippen LogP contribution in [-0.4, -0.2) is 21.0 Å². The maximum atomic E-state index is 13.9. The van der Waals surface area contributed by atoms with Crippen LogP contribution in [0.25, 0.3) is 10.2 Å². The number of benzene rings is 1. The summed E-state index contributed by atoms with van der Waals surface area (Å²) in [6, 6.07) is 5.62. The molecular weight excluding hydrogens is 293 g/mol. The van der Waals surface area contributed by atoms with Gasteiger partial charge in [0.05, 0.1) is 16.6 Å². The predicted molar refractivity (Wildman–Crippen MR) is 78.8 cm³/mol. The molecule has 0 unspecified atom stereocenters. The number of anilines is 2. The number of hydrogen-bond donors (Lipinski definition) is 2. The molecule has 0 aliphatic heterocycles. The van der Waals surface area contributed by atoms with Crippen LogP contribution >= 0.6 is 11.3 Å². The highest BCUT2D eigenvalue weighted by Crippen LogP contribution is 2.30. The smallest absolute Gasteiger partial charge is 0.335 e. The number of nitrogens with one attached hydrogen (secondary N) is 1. The molecule has 0 aliphatic carbocycles. The Kier molecular flexibility index (Phi) is 3.26. The second kappa shape index (κ2) is 5.10. The summed E-state index contributed by atoms with van der Waals surface area (Å²) in [7, 11) is 0. The Labute approximate surface area is 123 Å². The second-order valence-corrected chi connectivity index (χ2v) is 5.66. The van der Waals surface area contributed by atoms with Crippen LogP contribution in [-0.2, 0) is 0 Å². The number of halogens is 1. The first-order valence-corrected chi connectivity index (χ1v) is 6.87. The molecule has 1 aromatic carbocycles. The number of thiophene rings is 1. The van der Waals surface area contributed by atoms with E-state index in [-0.39, 0.29) is 11.3 Å². The molecule has 0 amide bonds. The lowest BCUT2D eigenvalue weighted by Gasteiger charge is -2.08. The van der Waals surface area contributed by atoms with E-state index < -0.39 is 11.8 Å². The molecule has 2 N–H and O–H groups in total. The topological polar surface area (TPSA) is 75.1 Å². The lowest BCUT2D eigenvalue weighted by molar-refractivity contribution is 0.0696. The zero-order valence-electron chi connectivity index (χ0n) is 10.9.